The highest BCUT2D eigenvalue weighted by Gasteiger charge is 2.40. The summed E-state index contributed by atoms with van der Waals surface area (Å²) >= 11 is 0. The van der Waals surface area contributed by atoms with E-state index in [-0.39, 0.29) is 12.5 Å². The molecule has 0 aliphatic heterocycles. The molecule has 0 aliphatic carbocycles. The molecule has 0 saturated carbocycles. The molecule has 1 atom stereocenters. The van der Waals surface area contributed by atoms with Crippen LogP contribution in [-0.2, 0) is 19.1 Å². The Balaban J connectivity index is 4.86. The zero-order valence-corrected chi connectivity index (χ0v) is 12.3. The summed E-state index contributed by atoms with van der Waals surface area (Å²) in [7, 11) is 3.24. The van der Waals surface area contributed by atoms with Gasteiger partial charge in [0.2, 0.25) is 5.91 Å². The molecule has 0 rings (SSSR count). The lowest BCUT2D eigenvalue weighted by Crippen LogP contribution is -2.45. The predicted octanol–water partition coefficient (Wildman–Crippen LogP) is 1.32. The SMILES string of the molecule is CCOC(=O)C(C(=O)N(C)CCOC)C(C)(C)C. The molecule has 18 heavy (non-hydrogen) atoms. The van der Waals surface area contributed by atoms with Gasteiger partial charge in [-0.1, -0.05) is 20.8 Å². The van der Waals surface area contributed by atoms with Crippen LogP contribution in [0.2, 0.25) is 0 Å². The maximum absolute atomic E-state index is 12.3. The standard InChI is InChI=1S/C13H25NO4/c1-7-18-12(16)10(13(2,3)4)11(15)14(5)8-9-17-6/h10H,7-9H2,1-6H3. The molecule has 0 N–H and O–H groups in total. The smallest absolute Gasteiger partial charge is 0.319 e. The Morgan fingerprint density at radius 2 is 1.83 bits per heavy atom. The average molecular weight is 259 g/mol. The van der Waals surface area contributed by atoms with Crippen molar-refractivity contribution in [2.45, 2.75) is 27.7 Å². The van der Waals surface area contributed by atoms with Gasteiger partial charge in [-0.15, -0.1) is 0 Å². The molecule has 0 heterocycles. The van der Waals surface area contributed by atoms with Gasteiger partial charge in [0.15, 0.2) is 0 Å². The highest BCUT2D eigenvalue weighted by Crippen LogP contribution is 2.28. The number of esters is 1. The predicted molar refractivity (Wildman–Crippen MR) is 69.1 cm³/mol. The van der Waals surface area contributed by atoms with E-state index < -0.39 is 17.3 Å². The Hall–Kier alpha value is -1.10. The Bertz CT molecular complexity index is 283. The first kappa shape index (κ1) is 16.9. The summed E-state index contributed by atoms with van der Waals surface area (Å²) < 4.78 is 9.91. The van der Waals surface area contributed by atoms with Crippen molar-refractivity contribution in [3.8, 4) is 0 Å². The second-order valence-corrected chi connectivity index (χ2v) is 5.30. The van der Waals surface area contributed by atoms with Crippen LogP contribution in [0.3, 0.4) is 0 Å². The third-order valence-electron chi connectivity index (χ3n) is 2.64. The quantitative estimate of drug-likeness (QED) is 0.533. The molecule has 5 nitrogen and oxygen atoms in total. The molecule has 0 aromatic heterocycles. The second kappa shape index (κ2) is 7.36. The molecule has 0 aliphatic rings. The van der Waals surface area contributed by atoms with Crippen molar-refractivity contribution in [1.29, 1.82) is 0 Å². The zero-order valence-electron chi connectivity index (χ0n) is 12.3. The van der Waals surface area contributed by atoms with E-state index in [2.05, 4.69) is 0 Å². The normalized spacial score (nSPS) is 13.0. The maximum atomic E-state index is 12.3. The van der Waals surface area contributed by atoms with Crippen molar-refractivity contribution in [3.63, 3.8) is 0 Å². The van der Waals surface area contributed by atoms with Crippen LogP contribution in [0.5, 0.6) is 0 Å². The zero-order chi connectivity index (χ0) is 14.3. The molecule has 0 bridgehead atoms. The first-order chi connectivity index (χ1) is 8.25. The summed E-state index contributed by atoms with van der Waals surface area (Å²) in [4.78, 5) is 25.7. The van der Waals surface area contributed by atoms with E-state index in [4.69, 9.17) is 9.47 Å². The van der Waals surface area contributed by atoms with E-state index in [9.17, 15) is 9.59 Å². The molecule has 0 spiro atoms. The fraction of sp³-hybridized carbons (Fsp3) is 0.846. The lowest BCUT2D eigenvalue weighted by molar-refractivity contribution is -0.160. The molecule has 0 fully saturated rings. The second-order valence-electron chi connectivity index (χ2n) is 5.30. The first-order valence-corrected chi connectivity index (χ1v) is 6.16. The number of methoxy groups -OCH3 is 1. The number of carbonyl (C=O) groups excluding carboxylic acids is 2. The Morgan fingerprint density at radius 3 is 2.22 bits per heavy atom. The Morgan fingerprint density at radius 1 is 1.28 bits per heavy atom. The number of ether oxygens (including phenoxy) is 2. The van der Waals surface area contributed by atoms with E-state index in [1.807, 2.05) is 20.8 Å². The van der Waals surface area contributed by atoms with Gasteiger partial charge in [-0.3, -0.25) is 9.59 Å². The molecular formula is C13H25NO4. The fourth-order valence-electron chi connectivity index (χ4n) is 1.61. The third kappa shape index (κ3) is 5.04. The molecule has 5 heteroatoms. The van der Waals surface area contributed by atoms with Gasteiger partial charge in [-0.2, -0.15) is 0 Å². The van der Waals surface area contributed by atoms with E-state index in [0.29, 0.717) is 13.2 Å². The van der Waals surface area contributed by atoms with Crippen molar-refractivity contribution in [2.75, 3.05) is 33.9 Å². The summed E-state index contributed by atoms with van der Waals surface area (Å²) in [6, 6.07) is 0. The topological polar surface area (TPSA) is 55.8 Å². The van der Waals surface area contributed by atoms with Gasteiger partial charge in [0.05, 0.1) is 13.2 Å². The van der Waals surface area contributed by atoms with Gasteiger partial charge in [0.1, 0.15) is 5.92 Å². The monoisotopic (exact) mass is 259 g/mol. The molecule has 1 unspecified atom stereocenters. The van der Waals surface area contributed by atoms with Gasteiger partial charge in [-0.25, -0.2) is 0 Å². The van der Waals surface area contributed by atoms with Crippen molar-refractivity contribution in [1.82, 2.24) is 4.90 Å². The molecule has 106 valence electrons. The number of amides is 1. The highest BCUT2D eigenvalue weighted by atomic mass is 16.5. The number of rotatable bonds is 6. The van der Waals surface area contributed by atoms with Crippen LogP contribution in [0.25, 0.3) is 0 Å². The first-order valence-electron chi connectivity index (χ1n) is 6.16. The van der Waals surface area contributed by atoms with Gasteiger partial charge < -0.3 is 14.4 Å². The van der Waals surface area contributed by atoms with Crippen molar-refractivity contribution in [2.24, 2.45) is 11.3 Å². The largest absolute Gasteiger partial charge is 0.465 e. The molecule has 0 aromatic carbocycles. The summed E-state index contributed by atoms with van der Waals surface area (Å²) in [6.07, 6.45) is 0. The van der Waals surface area contributed by atoms with Crippen LogP contribution < -0.4 is 0 Å². The van der Waals surface area contributed by atoms with E-state index >= 15 is 0 Å². The maximum Gasteiger partial charge on any atom is 0.319 e. The van der Waals surface area contributed by atoms with Crippen molar-refractivity contribution < 1.29 is 19.1 Å². The third-order valence-corrected chi connectivity index (χ3v) is 2.64. The molecule has 0 aromatic rings. The minimum Gasteiger partial charge on any atom is -0.465 e. The van der Waals surface area contributed by atoms with Gasteiger partial charge >= 0.3 is 5.97 Å². The number of hydrogen-bond donors (Lipinski definition) is 0. The van der Waals surface area contributed by atoms with Crippen molar-refractivity contribution >= 4 is 11.9 Å². The van der Waals surface area contributed by atoms with Crippen molar-refractivity contribution in [3.05, 3.63) is 0 Å². The van der Waals surface area contributed by atoms with Crippen LogP contribution in [0.15, 0.2) is 0 Å². The van der Waals surface area contributed by atoms with E-state index in [1.165, 1.54) is 4.90 Å². The fourth-order valence-corrected chi connectivity index (χ4v) is 1.61. The number of carbonyl (C=O) groups is 2. The lowest BCUT2D eigenvalue weighted by atomic mass is 9.80. The molecule has 0 saturated heterocycles. The van der Waals surface area contributed by atoms with Crippen LogP contribution in [0.4, 0.5) is 0 Å². The van der Waals surface area contributed by atoms with E-state index in [1.54, 1.807) is 21.1 Å². The number of nitrogens with zero attached hydrogens (tertiary/aromatic N) is 1. The van der Waals surface area contributed by atoms with Gasteiger partial charge in [-0.05, 0) is 12.3 Å². The van der Waals surface area contributed by atoms with Gasteiger partial charge in [0.25, 0.3) is 0 Å². The lowest BCUT2D eigenvalue weighted by Gasteiger charge is -2.31. The summed E-state index contributed by atoms with van der Waals surface area (Å²) in [5, 5.41) is 0. The molecule has 1 amide bonds. The summed E-state index contributed by atoms with van der Waals surface area (Å²) in [5.74, 6) is -1.46. The summed E-state index contributed by atoms with van der Waals surface area (Å²) in [6.45, 7) is 8.49. The molecule has 0 radical (unpaired) electrons. The number of likely N-dealkylation sites (N-methyl/N-ethyl adjacent to an activating group) is 1. The Labute approximate surface area is 109 Å². The minimum atomic E-state index is -0.778. The summed E-state index contributed by atoms with van der Waals surface area (Å²) in [5.41, 5.74) is -0.468. The Kier molecular flexibility index (Phi) is 6.91. The molecular weight excluding hydrogens is 234 g/mol. The van der Waals surface area contributed by atoms with Crippen LogP contribution in [0, 0.1) is 11.3 Å². The number of hydrogen-bond acceptors (Lipinski definition) is 4. The van der Waals surface area contributed by atoms with Crippen LogP contribution >= 0.6 is 0 Å². The minimum absolute atomic E-state index is 0.224. The van der Waals surface area contributed by atoms with Crippen LogP contribution in [0.1, 0.15) is 27.7 Å². The van der Waals surface area contributed by atoms with Gasteiger partial charge in [0, 0.05) is 20.7 Å². The van der Waals surface area contributed by atoms with E-state index in [0.717, 1.165) is 0 Å². The highest BCUT2D eigenvalue weighted by molar-refractivity contribution is 5.98. The average Bonchev–Trinajstić information content (AvgIpc) is 2.24. The van der Waals surface area contributed by atoms with Crippen LogP contribution in [-0.4, -0.2) is 50.7 Å².